The van der Waals surface area contributed by atoms with Gasteiger partial charge in [0.25, 0.3) is 11.5 Å². The average Bonchev–Trinajstić information content (AvgIpc) is 3.41. The van der Waals surface area contributed by atoms with Gasteiger partial charge in [0.2, 0.25) is 0 Å². The summed E-state index contributed by atoms with van der Waals surface area (Å²) in [5, 5.41) is 2.89. The number of thiazole rings is 1. The highest BCUT2D eigenvalue weighted by Crippen LogP contribution is 2.41. The predicted octanol–water partition coefficient (Wildman–Crippen LogP) is 7.92. The Balaban J connectivity index is 1.51. The number of halogens is 3. The molecule has 1 atom stereocenters. The fourth-order valence-corrected chi connectivity index (χ4v) is 8.09. The monoisotopic (exact) mass is 793 g/mol. The van der Waals surface area contributed by atoms with Gasteiger partial charge in [-0.3, -0.25) is 14.2 Å². The smallest absolute Gasteiger partial charge is 0.271 e. The van der Waals surface area contributed by atoms with Gasteiger partial charge in [0, 0.05) is 38.7 Å². The fourth-order valence-electron chi connectivity index (χ4n) is 6.15. The summed E-state index contributed by atoms with van der Waals surface area (Å²) >= 11 is 17.3. The van der Waals surface area contributed by atoms with E-state index in [0.29, 0.717) is 71.0 Å². The van der Waals surface area contributed by atoms with Gasteiger partial charge in [0.05, 0.1) is 30.0 Å². The number of allylic oxidation sites excluding steroid dienone is 1. The highest BCUT2D eigenvalue weighted by Gasteiger charge is 2.36. The van der Waals surface area contributed by atoms with Crippen molar-refractivity contribution < 1.29 is 19.0 Å². The predicted molar refractivity (Wildman–Crippen MR) is 204 cm³/mol. The maximum absolute atomic E-state index is 14.6. The normalized spacial score (nSPS) is 14.4. The van der Waals surface area contributed by atoms with Crippen LogP contribution < -0.4 is 29.1 Å². The molecule has 0 bridgehead atoms. The van der Waals surface area contributed by atoms with E-state index in [-0.39, 0.29) is 18.1 Å². The second kappa shape index (κ2) is 15.0. The Morgan fingerprint density at radius 3 is 2.44 bits per heavy atom. The Labute approximate surface area is 312 Å². The summed E-state index contributed by atoms with van der Waals surface area (Å²) in [5.41, 5.74) is 2.90. The molecule has 0 fully saturated rings. The van der Waals surface area contributed by atoms with Gasteiger partial charge in [-0.15, -0.1) is 0 Å². The molecule has 5 aromatic rings. The van der Waals surface area contributed by atoms with Gasteiger partial charge in [-0.2, -0.15) is 0 Å². The molecule has 1 aliphatic rings. The molecule has 1 amide bonds. The molecule has 258 valence electrons. The second-order valence-corrected chi connectivity index (χ2v) is 14.2. The van der Waals surface area contributed by atoms with Crippen LogP contribution in [0.15, 0.2) is 92.3 Å². The first-order chi connectivity index (χ1) is 24.1. The van der Waals surface area contributed by atoms with E-state index < -0.39 is 6.04 Å². The molecule has 0 aliphatic carbocycles. The van der Waals surface area contributed by atoms with Crippen molar-refractivity contribution in [2.45, 2.75) is 33.4 Å². The molecule has 50 heavy (non-hydrogen) atoms. The molecule has 0 spiro atoms. The molecule has 0 N–H and O–H groups in total. The molecular formula is C38H34BrCl2N3O5S. The first-order valence-corrected chi connectivity index (χ1v) is 18.3. The average molecular weight is 796 g/mol. The van der Waals surface area contributed by atoms with E-state index in [1.165, 1.54) is 11.3 Å². The molecule has 6 rings (SSSR count). The first-order valence-electron chi connectivity index (χ1n) is 15.9. The highest BCUT2D eigenvalue weighted by atomic mass is 79.9. The van der Waals surface area contributed by atoms with Crippen molar-refractivity contribution in [2.24, 2.45) is 4.99 Å². The maximum atomic E-state index is 14.6. The van der Waals surface area contributed by atoms with E-state index in [1.54, 1.807) is 54.0 Å². The molecule has 0 radical (unpaired) electrons. The lowest BCUT2D eigenvalue weighted by Gasteiger charge is -2.30. The fraction of sp³-hybridized carbons (Fsp3) is 0.237. The van der Waals surface area contributed by atoms with E-state index >= 15 is 0 Å². The molecule has 1 aliphatic heterocycles. The van der Waals surface area contributed by atoms with Crippen LogP contribution in [0.1, 0.15) is 43.5 Å². The number of carbonyl (C=O) groups excluding carboxylic acids is 1. The molecule has 8 nitrogen and oxygen atoms in total. The third kappa shape index (κ3) is 6.69. The molecule has 4 aromatic carbocycles. The Kier molecular flexibility index (Phi) is 10.7. The van der Waals surface area contributed by atoms with Crippen molar-refractivity contribution in [3.8, 4) is 17.2 Å². The SMILES string of the molecule is CCN(CC)C(=O)C1=C(C)N=c2s/c(=C/c3cc(OC)c(OCc4ccc(Cl)cc4Cl)cc3Br)c(=O)n2[C@H]1c1c(OC)ccc2ccccc12. The van der Waals surface area contributed by atoms with E-state index in [2.05, 4.69) is 15.9 Å². The standard InChI is InChI=1S/C38H34BrCl2N3O5S/c1-6-43(7-2)37(46)33-21(3)42-38-44(35(33)34-26-11-9-8-10-22(26)13-15-29(34)47-4)36(45)32(50-38)17-24-16-30(48-5)31(19-27(24)39)49-20-23-12-14-25(40)18-28(23)41/h8-19,35H,6-7,20H2,1-5H3/b32-17+/t35-/m1/s1. The van der Waals surface area contributed by atoms with Gasteiger partial charge in [-0.1, -0.05) is 86.9 Å². The summed E-state index contributed by atoms with van der Waals surface area (Å²) < 4.78 is 20.4. The van der Waals surface area contributed by atoms with Crippen LogP contribution in [0.2, 0.25) is 10.0 Å². The summed E-state index contributed by atoms with van der Waals surface area (Å²) in [5.74, 6) is 1.36. The van der Waals surface area contributed by atoms with Crippen LogP contribution in [0.4, 0.5) is 0 Å². The first kappa shape index (κ1) is 35.7. The molecule has 1 aromatic heterocycles. The number of aromatic nitrogens is 1. The van der Waals surface area contributed by atoms with Gasteiger partial charge < -0.3 is 19.1 Å². The Morgan fingerprint density at radius 1 is 1.00 bits per heavy atom. The zero-order chi connectivity index (χ0) is 35.7. The summed E-state index contributed by atoms with van der Waals surface area (Å²) in [6.07, 6.45) is 1.79. The van der Waals surface area contributed by atoms with Crippen molar-refractivity contribution in [2.75, 3.05) is 27.3 Å². The zero-order valence-corrected chi connectivity index (χ0v) is 32.0. The van der Waals surface area contributed by atoms with Crippen molar-refractivity contribution in [3.63, 3.8) is 0 Å². The number of ether oxygens (including phenoxy) is 3. The van der Waals surface area contributed by atoms with E-state index in [9.17, 15) is 9.59 Å². The third-order valence-corrected chi connectivity index (χ3v) is 11.0. The number of amides is 1. The van der Waals surface area contributed by atoms with Gasteiger partial charge in [-0.05, 0) is 73.5 Å². The Morgan fingerprint density at radius 2 is 1.74 bits per heavy atom. The van der Waals surface area contributed by atoms with E-state index in [4.69, 9.17) is 42.4 Å². The van der Waals surface area contributed by atoms with Crippen LogP contribution in [-0.4, -0.2) is 42.7 Å². The van der Waals surface area contributed by atoms with Crippen molar-refractivity contribution in [1.82, 2.24) is 9.47 Å². The van der Waals surface area contributed by atoms with Gasteiger partial charge in [-0.25, -0.2) is 4.99 Å². The Hall–Kier alpha value is -4.09. The number of benzene rings is 4. The third-order valence-electron chi connectivity index (χ3n) is 8.69. The molecule has 0 saturated heterocycles. The van der Waals surface area contributed by atoms with Crippen molar-refractivity contribution >= 4 is 73.2 Å². The number of methoxy groups -OCH3 is 2. The molecule has 0 saturated carbocycles. The van der Waals surface area contributed by atoms with E-state index in [1.807, 2.05) is 63.2 Å². The van der Waals surface area contributed by atoms with Crippen LogP contribution in [0.5, 0.6) is 17.2 Å². The van der Waals surface area contributed by atoms with Crippen LogP contribution in [0.25, 0.3) is 16.8 Å². The van der Waals surface area contributed by atoms with Crippen molar-refractivity contribution in [1.29, 1.82) is 0 Å². The number of hydrogen-bond acceptors (Lipinski definition) is 7. The quantitative estimate of drug-likeness (QED) is 0.144. The largest absolute Gasteiger partial charge is 0.496 e. The minimum Gasteiger partial charge on any atom is -0.496 e. The Bertz CT molecular complexity index is 2350. The lowest BCUT2D eigenvalue weighted by molar-refractivity contribution is -0.127. The highest BCUT2D eigenvalue weighted by molar-refractivity contribution is 9.10. The lowest BCUT2D eigenvalue weighted by Crippen LogP contribution is -2.43. The zero-order valence-electron chi connectivity index (χ0n) is 28.1. The van der Waals surface area contributed by atoms with Gasteiger partial charge in [0.15, 0.2) is 16.3 Å². The summed E-state index contributed by atoms with van der Waals surface area (Å²) in [6.45, 7) is 6.93. The maximum Gasteiger partial charge on any atom is 0.271 e. The summed E-state index contributed by atoms with van der Waals surface area (Å²) in [4.78, 5) is 35.9. The molecule has 0 unspecified atom stereocenters. The number of fused-ring (bicyclic) bond motifs is 2. The van der Waals surface area contributed by atoms with Gasteiger partial charge in [0.1, 0.15) is 18.4 Å². The van der Waals surface area contributed by atoms with Crippen molar-refractivity contribution in [3.05, 3.63) is 129 Å². The summed E-state index contributed by atoms with van der Waals surface area (Å²) in [7, 11) is 3.15. The summed E-state index contributed by atoms with van der Waals surface area (Å²) in [6, 6.07) is 19.8. The number of carbonyl (C=O) groups is 1. The lowest BCUT2D eigenvalue weighted by atomic mass is 9.90. The van der Waals surface area contributed by atoms with Crippen LogP contribution in [-0.2, 0) is 11.4 Å². The molecular weight excluding hydrogens is 761 g/mol. The van der Waals surface area contributed by atoms with Crippen LogP contribution in [0.3, 0.4) is 0 Å². The van der Waals surface area contributed by atoms with Crippen LogP contribution >= 0.6 is 50.5 Å². The number of likely N-dealkylation sites (N-methyl/N-ethyl adjacent to an activating group) is 1. The van der Waals surface area contributed by atoms with Crippen LogP contribution in [0, 0.1) is 0 Å². The molecule has 2 heterocycles. The number of rotatable bonds is 10. The van der Waals surface area contributed by atoms with Gasteiger partial charge >= 0.3 is 0 Å². The topological polar surface area (TPSA) is 82.4 Å². The minimum atomic E-state index is -0.781. The second-order valence-electron chi connectivity index (χ2n) is 11.5. The van der Waals surface area contributed by atoms with E-state index in [0.717, 1.165) is 21.9 Å². The minimum absolute atomic E-state index is 0.173. The number of hydrogen-bond donors (Lipinski definition) is 0. The molecule has 12 heteroatoms. The number of nitrogens with zero attached hydrogens (tertiary/aromatic N) is 3.